The first kappa shape index (κ1) is 43.6. The van der Waals surface area contributed by atoms with Crippen LogP contribution < -0.4 is 0 Å². The molecule has 0 amide bonds. The molecule has 1 rings (SSSR count). The van der Waals surface area contributed by atoms with Gasteiger partial charge in [-0.2, -0.15) is 8.42 Å². The number of aliphatic hydroxyl groups is 3. The summed E-state index contributed by atoms with van der Waals surface area (Å²) in [6.45, 7) is 3.79. The first-order chi connectivity index (χ1) is 22.6. The number of carbonyl (C=O) groups excluding carboxylic acids is 1. The molecule has 1 fully saturated rings. The number of hydrogen-bond donors (Lipinski definition) is 4. The number of esters is 1. The molecule has 0 radical (unpaired) electrons. The third-order valence-corrected chi connectivity index (χ3v) is 8.27. The lowest BCUT2D eigenvalue weighted by atomic mass is 9.99. The van der Waals surface area contributed by atoms with Gasteiger partial charge in [0.25, 0.3) is 0 Å². The average Bonchev–Trinajstić information content (AvgIpc) is 3.03. The predicted octanol–water partition coefficient (Wildman–Crippen LogP) is 5.34. The zero-order valence-electron chi connectivity index (χ0n) is 28.6. The normalized spacial score (nSPS) is 22.7. The predicted molar refractivity (Wildman–Crippen MR) is 179 cm³/mol. The first-order valence-corrected chi connectivity index (χ1v) is 19.0. The van der Waals surface area contributed by atoms with Gasteiger partial charge in [-0.15, -0.1) is 0 Å². The van der Waals surface area contributed by atoms with Crippen molar-refractivity contribution in [3.8, 4) is 0 Å². The van der Waals surface area contributed by atoms with Crippen molar-refractivity contribution in [2.75, 3.05) is 26.4 Å². The number of unbranched alkanes of at least 4 members (excludes halogenated alkanes) is 12. The first-order valence-electron chi connectivity index (χ1n) is 17.6. The Morgan fingerprint density at radius 3 is 2.11 bits per heavy atom. The minimum atomic E-state index is -5.05. The van der Waals surface area contributed by atoms with Crippen LogP contribution in [-0.2, 0) is 38.3 Å². The van der Waals surface area contributed by atoms with Gasteiger partial charge in [-0.3, -0.25) is 9.35 Å². The maximum absolute atomic E-state index is 12.6. The van der Waals surface area contributed by atoms with Crippen LogP contribution in [0.5, 0.6) is 0 Å². The van der Waals surface area contributed by atoms with Crippen LogP contribution in [0.25, 0.3) is 0 Å². The Kier molecular flexibility index (Phi) is 25.4. The zero-order chi connectivity index (χ0) is 34.8. The lowest BCUT2D eigenvalue weighted by Crippen LogP contribution is -2.60. The molecule has 0 saturated carbocycles. The Labute approximate surface area is 282 Å². The summed E-state index contributed by atoms with van der Waals surface area (Å²) in [5.41, 5.74) is 0. The van der Waals surface area contributed by atoms with Gasteiger partial charge in [0.05, 0.1) is 19.8 Å². The van der Waals surface area contributed by atoms with E-state index in [-0.39, 0.29) is 19.6 Å². The van der Waals surface area contributed by atoms with E-state index in [4.69, 9.17) is 23.5 Å². The molecule has 4 N–H and O–H groups in total. The molecular weight excluding hydrogens is 632 g/mol. The average molecular weight is 695 g/mol. The van der Waals surface area contributed by atoms with E-state index in [0.717, 1.165) is 77.0 Å². The van der Waals surface area contributed by atoms with Crippen LogP contribution in [0.15, 0.2) is 24.3 Å². The third-order valence-electron chi connectivity index (χ3n) is 7.81. The largest absolute Gasteiger partial charge is 0.457 e. The van der Waals surface area contributed by atoms with E-state index < -0.39 is 59.8 Å². The fraction of sp³-hybridized carbons (Fsp3) is 0.853. The van der Waals surface area contributed by atoms with Crippen LogP contribution in [0.3, 0.4) is 0 Å². The summed E-state index contributed by atoms with van der Waals surface area (Å²) in [5.74, 6) is -0.415. The molecule has 0 aromatic rings. The van der Waals surface area contributed by atoms with Gasteiger partial charge < -0.3 is 34.3 Å². The van der Waals surface area contributed by atoms with E-state index in [0.29, 0.717) is 13.0 Å². The quantitative estimate of drug-likeness (QED) is 0.0342. The monoisotopic (exact) mass is 694 g/mol. The molecule has 0 aromatic heterocycles. The third kappa shape index (κ3) is 22.0. The highest BCUT2D eigenvalue weighted by atomic mass is 32.3. The molecule has 0 spiro atoms. The van der Waals surface area contributed by atoms with Gasteiger partial charge in [0.1, 0.15) is 30.5 Å². The van der Waals surface area contributed by atoms with Crippen molar-refractivity contribution in [1.82, 2.24) is 0 Å². The summed E-state index contributed by atoms with van der Waals surface area (Å²) in [7, 11) is -5.05. The minimum Gasteiger partial charge on any atom is -0.457 e. The molecule has 1 aliphatic heterocycles. The molecule has 0 bridgehead atoms. The molecule has 0 aromatic carbocycles. The molecule has 1 heterocycles. The number of rotatable bonds is 29. The fourth-order valence-corrected chi connectivity index (χ4v) is 5.63. The molecule has 1 aliphatic rings. The van der Waals surface area contributed by atoms with Gasteiger partial charge in [0.15, 0.2) is 6.29 Å². The molecule has 13 heteroatoms. The minimum absolute atomic E-state index is 0.0298. The van der Waals surface area contributed by atoms with Crippen LogP contribution in [0, 0.1) is 0 Å². The molecule has 1 saturated heterocycles. The smallest absolute Gasteiger partial charge is 0.397 e. The lowest BCUT2D eigenvalue weighted by molar-refractivity contribution is -0.301. The summed E-state index contributed by atoms with van der Waals surface area (Å²) in [6, 6.07) is 0. The summed E-state index contributed by atoms with van der Waals surface area (Å²) in [6.07, 6.45) is 16.9. The second-order valence-electron chi connectivity index (χ2n) is 12.1. The van der Waals surface area contributed by atoms with Gasteiger partial charge in [0.2, 0.25) is 0 Å². The SMILES string of the molecule is CCC/C=C\C/C=C\CCCCCCCCOCC(COC1OC(CO)C(O)C(OS(=O)(=O)O)C1O)OC(=O)CCCCCCCC. The summed E-state index contributed by atoms with van der Waals surface area (Å²) in [4.78, 5) is 12.6. The van der Waals surface area contributed by atoms with Crippen LogP contribution in [-0.4, -0.2) is 97.5 Å². The maximum Gasteiger partial charge on any atom is 0.397 e. The number of hydrogen-bond acceptors (Lipinski definition) is 11. The highest BCUT2D eigenvalue weighted by Gasteiger charge is 2.48. The molecule has 6 unspecified atom stereocenters. The summed E-state index contributed by atoms with van der Waals surface area (Å²) < 4.78 is 58.4. The standard InChI is InChI=1S/C34H62O12S/c1-3-5-7-9-11-12-13-14-15-16-17-18-20-22-24-42-26-28(44-30(36)23-21-19-10-8-6-4-2)27-43-34-32(38)33(46-47(39,40)41)31(37)29(25-35)45-34/h7,9,12-13,28-29,31-35,37-38H,3-6,8,10-11,14-27H2,1-2H3,(H,39,40,41)/b9-7-,13-12-. The van der Waals surface area contributed by atoms with Crippen LogP contribution in [0.1, 0.15) is 123 Å². The van der Waals surface area contributed by atoms with E-state index in [9.17, 15) is 28.5 Å². The number of ether oxygens (including phenoxy) is 4. The second-order valence-corrected chi connectivity index (χ2v) is 13.2. The van der Waals surface area contributed by atoms with Gasteiger partial charge >= 0.3 is 16.4 Å². The molecule has 47 heavy (non-hydrogen) atoms. The molecule has 6 atom stereocenters. The maximum atomic E-state index is 12.6. The molecule has 12 nitrogen and oxygen atoms in total. The van der Waals surface area contributed by atoms with E-state index in [1.807, 2.05) is 0 Å². The highest BCUT2D eigenvalue weighted by Crippen LogP contribution is 2.26. The number of aliphatic hydroxyl groups excluding tert-OH is 3. The Hall–Kier alpha value is -1.42. The molecular formula is C34H62O12S. The Morgan fingerprint density at radius 2 is 1.45 bits per heavy atom. The van der Waals surface area contributed by atoms with Gasteiger partial charge in [-0.05, 0) is 38.5 Å². The summed E-state index contributed by atoms with van der Waals surface area (Å²) >= 11 is 0. The van der Waals surface area contributed by atoms with Crippen molar-refractivity contribution in [1.29, 1.82) is 0 Å². The Balaban J connectivity index is 2.51. The number of carbonyl (C=O) groups is 1. The molecule has 0 aliphatic carbocycles. The number of allylic oxidation sites excluding steroid dienone is 4. The van der Waals surface area contributed by atoms with Crippen LogP contribution in [0.2, 0.25) is 0 Å². The van der Waals surface area contributed by atoms with Gasteiger partial charge in [-0.25, -0.2) is 4.18 Å². The molecule has 276 valence electrons. The van der Waals surface area contributed by atoms with Crippen molar-refractivity contribution in [3.05, 3.63) is 24.3 Å². The second kappa shape index (κ2) is 27.4. The fourth-order valence-electron chi connectivity index (χ4n) is 5.12. The van der Waals surface area contributed by atoms with Crippen LogP contribution in [0.4, 0.5) is 0 Å². The topological polar surface area (TPSA) is 178 Å². The van der Waals surface area contributed by atoms with E-state index in [1.54, 1.807) is 0 Å². The van der Waals surface area contributed by atoms with Crippen LogP contribution >= 0.6 is 0 Å². The Morgan fingerprint density at radius 1 is 0.809 bits per heavy atom. The van der Waals surface area contributed by atoms with Crippen molar-refractivity contribution in [2.24, 2.45) is 0 Å². The van der Waals surface area contributed by atoms with E-state index in [2.05, 4.69) is 42.3 Å². The zero-order valence-corrected chi connectivity index (χ0v) is 29.4. The van der Waals surface area contributed by atoms with Crippen molar-refractivity contribution in [3.63, 3.8) is 0 Å². The van der Waals surface area contributed by atoms with Crippen molar-refractivity contribution in [2.45, 2.75) is 160 Å². The van der Waals surface area contributed by atoms with Gasteiger partial charge in [0, 0.05) is 13.0 Å². The Bertz CT molecular complexity index is 941. The van der Waals surface area contributed by atoms with E-state index >= 15 is 0 Å². The lowest BCUT2D eigenvalue weighted by Gasteiger charge is -2.41. The summed E-state index contributed by atoms with van der Waals surface area (Å²) in [5, 5.41) is 30.4. The van der Waals surface area contributed by atoms with Gasteiger partial charge in [-0.1, -0.05) is 102 Å². The van der Waals surface area contributed by atoms with Crippen molar-refractivity contribution < 1.29 is 56.2 Å². The highest BCUT2D eigenvalue weighted by molar-refractivity contribution is 7.80. The van der Waals surface area contributed by atoms with E-state index in [1.165, 1.54) is 19.3 Å². The van der Waals surface area contributed by atoms with Crippen molar-refractivity contribution >= 4 is 16.4 Å².